The third-order valence-electron chi connectivity index (χ3n) is 1.71. The van der Waals surface area contributed by atoms with Gasteiger partial charge in [0.25, 0.3) is 0 Å². The second-order valence-electron chi connectivity index (χ2n) is 2.88. The van der Waals surface area contributed by atoms with Gasteiger partial charge in [0.2, 0.25) is 0 Å². The summed E-state index contributed by atoms with van der Waals surface area (Å²) in [5.41, 5.74) is 1.31. The Morgan fingerprint density at radius 3 is 3.07 bits per heavy atom. The largest absolute Gasteiger partial charge is 0.494 e. The summed E-state index contributed by atoms with van der Waals surface area (Å²) in [6.45, 7) is 6.42. The molecule has 1 aromatic carbocycles. The van der Waals surface area contributed by atoms with E-state index in [1.165, 1.54) is 5.56 Å². The molecule has 2 heteroatoms. The van der Waals surface area contributed by atoms with Crippen LogP contribution in [0.15, 0.2) is 36.9 Å². The summed E-state index contributed by atoms with van der Waals surface area (Å²) in [4.78, 5) is 0. The highest BCUT2D eigenvalue weighted by atomic mass is 32.2. The van der Waals surface area contributed by atoms with E-state index in [1.807, 2.05) is 36.9 Å². The van der Waals surface area contributed by atoms with Crippen molar-refractivity contribution < 1.29 is 4.74 Å². The topological polar surface area (TPSA) is 9.23 Å². The Bertz CT molecular complexity index is 283. The standard InChI is InChI=1S/C12H16OS/c1-3-8-14-10-11-6-5-7-12(9-11)13-4-2/h3,5-7,9H,1,4,8,10H2,2H3. The molecule has 0 N–H and O–H groups in total. The highest BCUT2D eigenvalue weighted by Gasteiger charge is 1.95. The average Bonchev–Trinajstić information content (AvgIpc) is 2.19. The van der Waals surface area contributed by atoms with Gasteiger partial charge in [-0.15, -0.1) is 6.58 Å². The molecule has 0 heterocycles. The fourth-order valence-electron chi connectivity index (χ4n) is 1.15. The maximum atomic E-state index is 5.42. The van der Waals surface area contributed by atoms with Gasteiger partial charge in [-0.2, -0.15) is 11.8 Å². The van der Waals surface area contributed by atoms with Crippen LogP contribution in [0.25, 0.3) is 0 Å². The molecule has 76 valence electrons. The maximum Gasteiger partial charge on any atom is 0.119 e. The predicted molar refractivity (Wildman–Crippen MR) is 64.0 cm³/mol. The maximum absolute atomic E-state index is 5.42. The Morgan fingerprint density at radius 1 is 1.50 bits per heavy atom. The molecular formula is C12H16OS. The third kappa shape index (κ3) is 3.88. The molecule has 0 bridgehead atoms. The summed E-state index contributed by atoms with van der Waals surface area (Å²) >= 11 is 1.86. The molecule has 0 aliphatic rings. The van der Waals surface area contributed by atoms with Crippen molar-refractivity contribution in [2.45, 2.75) is 12.7 Å². The summed E-state index contributed by atoms with van der Waals surface area (Å²) in [6.07, 6.45) is 1.93. The smallest absolute Gasteiger partial charge is 0.119 e. The second kappa shape index (κ2) is 6.55. The van der Waals surface area contributed by atoms with Crippen LogP contribution in [0, 0.1) is 0 Å². The van der Waals surface area contributed by atoms with Crippen molar-refractivity contribution in [1.29, 1.82) is 0 Å². The van der Waals surface area contributed by atoms with Gasteiger partial charge < -0.3 is 4.74 Å². The van der Waals surface area contributed by atoms with Crippen molar-refractivity contribution in [2.75, 3.05) is 12.4 Å². The van der Waals surface area contributed by atoms with Gasteiger partial charge in [0.05, 0.1) is 6.61 Å². The first-order valence-corrected chi connectivity index (χ1v) is 5.92. The van der Waals surface area contributed by atoms with Crippen molar-refractivity contribution in [3.05, 3.63) is 42.5 Å². The molecule has 0 spiro atoms. The Morgan fingerprint density at radius 2 is 2.36 bits per heavy atom. The molecule has 0 saturated carbocycles. The van der Waals surface area contributed by atoms with Gasteiger partial charge in [0, 0.05) is 11.5 Å². The normalized spacial score (nSPS) is 9.79. The van der Waals surface area contributed by atoms with E-state index in [0.29, 0.717) is 0 Å². The van der Waals surface area contributed by atoms with Crippen LogP contribution in [0.4, 0.5) is 0 Å². The number of benzene rings is 1. The molecule has 0 aliphatic heterocycles. The molecule has 0 saturated heterocycles. The van der Waals surface area contributed by atoms with Crippen LogP contribution in [0.1, 0.15) is 12.5 Å². The molecule has 0 fully saturated rings. The van der Waals surface area contributed by atoms with Crippen molar-refractivity contribution in [1.82, 2.24) is 0 Å². The van der Waals surface area contributed by atoms with E-state index in [2.05, 4.69) is 18.7 Å². The average molecular weight is 208 g/mol. The molecule has 0 unspecified atom stereocenters. The highest BCUT2D eigenvalue weighted by molar-refractivity contribution is 7.98. The Labute approximate surface area is 90.2 Å². The molecule has 0 radical (unpaired) electrons. The zero-order valence-electron chi connectivity index (χ0n) is 8.53. The lowest BCUT2D eigenvalue weighted by Gasteiger charge is -2.05. The molecule has 1 aromatic rings. The molecule has 1 nitrogen and oxygen atoms in total. The monoisotopic (exact) mass is 208 g/mol. The van der Waals surface area contributed by atoms with E-state index in [9.17, 15) is 0 Å². The van der Waals surface area contributed by atoms with Crippen LogP contribution in [-0.4, -0.2) is 12.4 Å². The van der Waals surface area contributed by atoms with Crippen LogP contribution in [-0.2, 0) is 5.75 Å². The zero-order valence-corrected chi connectivity index (χ0v) is 9.35. The summed E-state index contributed by atoms with van der Waals surface area (Å²) in [5.74, 6) is 2.98. The van der Waals surface area contributed by atoms with E-state index >= 15 is 0 Å². The van der Waals surface area contributed by atoms with Gasteiger partial charge >= 0.3 is 0 Å². The summed E-state index contributed by atoms with van der Waals surface area (Å²) < 4.78 is 5.42. The molecule has 0 atom stereocenters. The van der Waals surface area contributed by atoms with Crippen molar-refractivity contribution in [3.8, 4) is 5.75 Å². The lowest BCUT2D eigenvalue weighted by Crippen LogP contribution is -1.92. The molecule has 0 aromatic heterocycles. The Hall–Kier alpha value is -0.890. The van der Waals surface area contributed by atoms with Gasteiger partial charge in [0.15, 0.2) is 0 Å². The molecule has 0 aliphatic carbocycles. The first-order valence-electron chi connectivity index (χ1n) is 4.77. The van der Waals surface area contributed by atoms with E-state index < -0.39 is 0 Å². The number of hydrogen-bond donors (Lipinski definition) is 0. The molecular weight excluding hydrogens is 192 g/mol. The van der Waals surface area contributed by atoms with Gasteiger partial charge in [0.1, 0.15) is 5.75 Å². The molecule has 0 amide bonds. The Kier molecular flexibility index (Phi) is 5.23. The lowest BCUT2D eigenvalue weighted by atomic mass is 10.2. The fourth-order valence-corrected chi connectivity index (χ4v) is 1.85. The second-order valence-corrected chi connectivity index (χ2v) is 3.91. The quantitative estimate of drug-likeness (QED) is 0.522. The number of thioether (sulfide) groups is 1. The van der Waals surface area contributed by atoms with E-state index in [1.54, 1.807) is 0 Å². The number of hydrogen-bond acceptors (Lipinski definition) is 2. The SMILES string of the molecule is C=CCSCc1cccc(OCC)c1. The first-order chi connectivity index (χ1) is 6.86. The van der Waals surface area contributed by atoms with E-state index in [-0.39, 0.29) is 0 Å². The van der Waals surface area contributed by atoms with Gasteiger partial charge in [-0.25, -0.2) is 0 Å². The number of rotatable bonds is 6. The minimum atomic E-state index is 0.725. The molecule has 14 heavy (non-hydrogen) atoms. The molecule has 1 rings (SSSR count). The summed E-state index contributed by atoms with van der Waals surface area (Å²) in [7, 11) is 0. The van der Waals surface area contributed by atoms with Gasteiger partial charge in [-0.1, -0.05) is 18.2 Å². The minimum absolute atomic E-state index is 0.725. The van der Waals surface area contributed by atoms with E-state index in [0.717, 1.165) is 23.9 Å². The van der Waals surface area contributed by atoms with Crippen molar-refractivity contribution in [3.63, 3.8) is 0 Å². The van der Waals surface area contributed by atoms with Crippen LogP contribution in [0.3, 0.4) is 0 Å². The highest BCUT2D eigenvalue weighted by Crippen LogP contribution is 2.17. The fraction of sp³-hybridized carbons (Fsp3) is 0.333. The van der Waals surface area contributed by atoms with Crippen LogP contribution in [0.2, 0.25) is 0 Å². The van der Waals surface area contributed by atoms with Crippen LogP contribution >= 0.6 is 11.8 Å². The van der Waals surface area contributed by atoms with Crippen molar-refractivity contribution >= 4 is 11.8 Å². The van der Waals surface area contributed by atoms with E-state index in [4.69, 9.17) is 4.74 Å². The zero-order chi connectivity index (χ0) is 10.2. The number of ether oxygens (including phenoxy) is 1. The van der Waals surface area contributed by atoms with Gasteiger partial charge in [-0.3, -0.25) is 0 Å². The van der Waals surface area contributed by atoms with Crippen molar-refractivity contribution in [2.24, 2.45) is 0 Å². The van der Waals surface area contributed by atoms with Crippen LogP contribution in [0.5, 0.6) is 5.75 Å². The predicted octanol–water partition coefficient (Wildman–Crippen LogP) is 3.50. The van der Waals surface area contributed by atoms with Gasteiger partial charge in [-0.05, 0) is 24.6 Å². The minimum Gasteiger partial charge on any atom is -0.494 e. The summed E-state index contributed by atoms with van der Waals surface area (Å²) in [5, 5.41) is 0. The first kappa shape index (κ1) is 11.2. The lowest BCUT2D eigenvalue weighted by molar-refractivity contribution is 0.340. The Balaban J connectivity index is 2.50. The third-order valence-corrected chi connectivity index (χ3v) is 2.72. The summed E-state index contributed by atoms with van der Waals surface area (Å²) in [6, 6.07) is 8.25. The van der Waals surface area contributed by atoms with Crippen LogP contribution < -0.4 is 4.74 Å².